The van der Waals surface area contributed by atoms with Crippen molar-refractivity contribution in [3.8, 4) is 0 Å². The maximum absolute atomic E-state index is 9.91. The molecule has 0 bridgehead atoms. The second-order valence-corrected chi connectivity index (χ2v) is 9.10. The predicted molar refractivity (Wildman–Crippen MR) is 127 cm³/mol. The zero-order valence-electron chi connectivity index (χ0n) is 20.1. The number of rotatable bonds is 21. The molecular weight excluding hydrogens is 392 g/mol. The van der Waals surface area contributed by atoms with Crippen LogP contribution in [0.15, 0.2) is 12.2 Å². The minimum absolute atomic E-state index is 0.156. The quantitative estimate of drug-likeness (QED) is 0.166. The van der Waals surface area contributed by atoms with Crippen molar-refractivity contribution in [3.63, 3.8) is 0 Å². The second-order valence-electron chi connectivity index (χ2n) is 9.10. The van der Waals surface area contributed by atoms with Gasteiger partial charge in [-0.3, -0.25) is 0 Å². The number of hydrogen-bond acceptors (Lipinski definition) is 5. The van der Waals surface area contributed by atoms with E-state index in [1.807, 2.05) is 0 Å². The van der Waals surface area contributed by atoms with Gasteiger partial charge >= 0.3 is 0 Å². The maximum Gasteiger partial charge on any atom is 0.114 e. The molecule has 184 valence electrons. The molecule has 1 aliphatic rings. The summed E-state index contributed by atoms with van der Waals surface area (Å²) < 4.78 is 11.1. The lowest BCUT2D eigenvalue weighted by atomic mass is 10.0. The van der Waals surface area contributed by atoms with Gasteiger partial charge in [0.25, 0.3) is 0 Å². The van der Waals surface area contributed by atoms with E-state index in [4.69, 9.17) is 14.6 Å². The van der Waals surface area contributed by atoms with Crippen molar-refractivity contribution in [3.05, 3.63) is 12.2 Å². The largest absolute Gasteiger partial charge is 0.394 e. The lowest BCUT2D eigenvalue weighted by Crippen LogP contribution is -2.42. The van der Waals surface area contributed by atoms with Crippen molar-refractivity contribution < 1.29 is 24.8 Å². The zero-order chi connectivity index (χ0) is 22.6. The molecule has 0 aromatic heterocycles. The van der Waals surface area contributed by atoms with Crippen LogP contribution < -0.4 is 0 Å². The number of aliphatic hydroxyl groups excluding tert-OH is 3. The van der Waals surface area contributed by atoms with Crippen molar-refractivity contribution in [1.29, 1.82) is 0 Å². The van der Waals surface area contributed by atoms with Gasteiger partial charge < -0.3 is 24.8 Å². The van der Waals surface area contributed by atoms with Crippen LogP contribution in [0.5, 0.6) is 0 Å². The van der Waals surface area contributed by atoms with Crippen LogP contribution in [0.4, 0.5) is 0 Å². The molecule has 0 unspecified atom stereocenters. The van der Waals surface area contributed by atoms with E-state index < -0.39 is 24.4 Å². The smallest absolute Gasteiger partial charge is 0.114 e. The molecule has 1 heterocycles. The van der Waals surface area contributed by atoms with Gasteiger partial charge in [-0.2, -0.15) is 0 Å². The maximum atomic E-state index is 9.91. The Labute approximate surface area is 191 Å². The second kappa shape index (κ2) is 20.2. The molecule has 0 amide bonds. The Morgan fingerprint density at radius 1 is 0.839 bits per heavy atom. The Balaban J connectivity index is 1.81. The molecule has 0 aromatic rings. The van der Waals surface area contributed by atoms with Crippen molar-refractivity contribution in [2.45, 2.75) is 134 Å². The van der Waals surface area contributed by atoms with E-state index in [0.29, 0.717) is 6.61 Å². The Morgan fingerprint density at radius 2 is 1.35 bits per heavy atom. The fourth-order valence-electron chi connectivity index (χ4n) is 4.19. The monoisotopic (exact) mass is 442 g/mol. The van der Waals surface area contributed by atoms with Gasteiger partial charge in [0.05, 0.1) is 13.2 Å². The average molecular weight is 443 g/mol. The summed E-state index contributed by atoms with van der Waals surface area (Å²) in [5, 5.41) is 28.7. The van der Waals surface area contributed by atoms with Crippen molar-refractivity contribution in [1.82, 2.24) is 0 Å². The molecule has 1 rings (SSSR count). The summed E-state index contributed by atoms with van der Waals surface area (Å²) in [6.07, 6.45) is 22.5. The first kappa shape index (κ1) is 28.6. The minimum Gasteiger partial charge on any atom is -0.394 e. The van der Waals surface area contributed by atoms with Gasteiger partial charge in [-0.15, -0.1) is 0 Å². The van der Waals surface area contributed by atoms with Crippen molar-refractivity contribution in [2.24, 2.45) is 0 Å². The highest BCUT2D eigenvalue weighted by Gasteiger charge is 2.40. The molecule has 4 atom stereocenters. The topological polar surface area (TPSA) is 79.2 Å². The third kappa shape index (κ3) is 14.3. The third-order valence-corrected chi connectivity index (χ3v) is 6.18. The fourth-order valence-corrected chi connectivity index (χ4v) is 4.19. The SMILES string of the molecule is CCC/C=C/CCCCCCCCCCCCCCCO[C@@H]1[C@H]([C@H](O)CO)OC[C@@H]1O. The van der Waals surface area contributed by atoms with E-state index in [1.54, 1.807) is 0 Å². The van der Waals surface area contributed by atoms with Crippen LogP contribution in [-0.4, -0.2) is 59.6 Å². The summed E-state index contributed by atoms with van der Waals surface area (Å²) in [6, 6.07) is 0. The van der Waals surface area contributed by atoms with Gasteiger partial charge in [0, 0.05) is 6.61 Å². The number of aliphatic hydroxyl groups is 3. The van der Waals surface area contributed by atoms with E-state index in [1.165, 1.54) is 89.9 Å². The summed E-state index contributed by atoms with van der Waals surface area (Å²) in [7, 11) is 0. The van der Waals surface area contributed by atoms with E-state index in [-0.39, 0.29) is 13.2 Å². The molecule has 0 aromatic carbocycles. The Bertz CT molecular complexity index is 415. The Morgan fingerprint density at radius 3 is 1.90 bits per heavy atom. The predicted octanol–water partition coefficient (Wildman–Crippen LogP) is 5.30. The van der Waals surface area contributed by atoms with Crippen LogP contribution in [-0.2, 0) is 9.47 Å². The lowest BCUT2D eigenvalue weighted by molar-refractivity contribution is -0.0938. The van der Waals surface area contributed by atoms with E-state index >= 15 is 0 Å². The van der Waals surface area contributed by atoms with Gasteiger partial charge in [0.2, 0.25) is 0 Å². The van der Waals surface area contributed by atoms with Crippen LogP contribution in [0, 0.1) is 0 Å². The lowest BCUT2D eigenvalue weighted by Gasteiger charge is -2.23. The highest BCUT2D eigenvalue weighted by Crippen LogP contribution is 2.21. The highest BCUT2D eigenvalue weighted by molar-refractivity contribution is 4.89. The summed E-state index contributed by atoms with van der Waals surface area (Å²) in [5.41, 5.74) is 0. The average Bonchev–Trinajstić information content (AvgIpc) is 3.15. The minimum atomic E-state index is -1.00. The fraction of sp³-hybridized carbons (Fsp3) is 0.923. The summed E-state index contributed by atoms with van der Waals surface area (Å²) in [6.45, 7) is 2.57. The van der Waals surface area contributed by atoms with Gasteiger partial charge in [-0.05, 0) is 25.7 Å². The number of allylic oxidation sites excluding steroid dienone is 2. The van der Waals surface area contributed by atoms with Crippen LogP contribution in [0.2, 0.25) is 0 Å². The van der Waals surface area contributed by atoms with Crippen molar-refractivity contribution in [2.75, 3.05) is 19.8 Å². The molecule has 0 spiro atoms. The molecule has 0 saturated carbocycles. The molecule has 3 N–H and O–H groups in total. The molecule has 0 radical (unpaired) electrons. The molecule has 1 aliphatic heterocycles. The molecule has 31 heavy (non-hydrogen) atoms. The summed E-state index contributed by atoms with van der Waals surface area (Å²) in [5.74, 6) is 0. The van der Waals surface area contributed by atoms with Crippen LogP contribution in [0.1, 0.15) is 110 Å². The van der Waals surface area contributed by atoms with E-state index in [0.717, 1.165) is 12.8 Å². The number of ether oxygens (including phenoxy) is 2. The van der Waals surface area contributed by atoms with E-state index in [2.05, 4.69) is 19.1 Å². The van der Waals surface area contributed by atoms with Crippen LogP contribution in [0.25, 0.3) is 0 Å². The summed E-state index contributed by atoms with van der Waals surface area (Å²) >= 11 is 0. The molecule has 1 saturated heterocycles. The standard InChI is InChI=1S/C26H50O5/c1-2-3-4-5-6-7-8-9-10-11-12-13-14-15-16-17-18-19-20-30-26-24(29)22-31-25(26)23(28)21-27/h4-5,23-29H,2-3,6-22H2,1H3/b5-4+/t23-,24+,25+,26+/m1/s1. The van der Waals surface area contributed by atoms with Gasteiger partial charge in [-0.25, -0.2) is 0 Å². The molecular formula is C26H50O5. The Kier molecular flexibility index (Phi) is 18.6. The highest BCUT2D eigenvalue weighted by atomic mass is 16.6. The normalized spacial score (nSPS) is 22.5. The first-order valence-electron chi connectivity index (χ1n) is 13.1. The molecule has 1 fully saturated rings. The molecule has 0 aliphatic carbocycles. The van der Waals surface area contributed by atoms with Gasteiger partial charge in [0.1, 0.15) is 24.4 Å². The van der Waals surface area contributed by atoms with E-state index in [9.17, 15) is 10.2 Å². The van der Waals surface area contributed by atoms with Gasteiger partial charge in [-0.1, -0.05) is 96.1 Å². The molecule has 5 heteroatoms. The van der Waals surface area contributed by atoms with Gasteiger partial charge in [0.15, 0.2) is 0 Å². The zero-order valence-corrected chi connectivity index (χ0v) is 20.1. The third-order valence-electron chi connectivity index (χ3n) is 6.18. The van der Waals surface area contributed by atoms with Crippen molar-refractivity contribution >= 4 is 0 Å². The number of unbranched alkanes of at least 4 members (excludes halogenated alkanes) is 14. The first-order chi connectivity index (χ1) is 15.2. The first-order valence-corrected chi connectivity index (χ1v) is 13.1. The number of hydrogen-bond donors (Lipinski definition) is 3. The van der Waals surface area contributed by atoms with Crippen LogP contribution >= 0.6 is 0 Å². The molecule has 5 nitrogen and oxygen atoms in total. The van der Waals surface area contributed by atoms with Crippen LogP contribution in [0.3, 0.4) is 0 Å². The Hall–Kier alpha value is -0.460. The summed E-state index contributed by atoms with van der Waals surface area (Å²) in [4.78, 5) is 0.